The summed E-state index contributed by atoms with van der Waals surface area (Å²) in [4.78, 5) is 12.3. The van der Waals surface area contributed by atoms with Crippen molar-refractivity contribution in [2.45, 2.75) is 33.7 Å². The summed E-state index contributed by atoms with van der Waals surface area (Å²) in [6.45, 7) is 7.87. The molecule has 2 rings (SSSR count). The number of carbonyl (C=O) groups excluding carboxylic acids is 1. The molecule has 140 valence electrons. The minimum absolute atomic E-state index is 0.0403. The molecular weight excluding hydrogens is 330 g/mol. The topological polar surface area (TPSA) is 56.8 Å². The van der Waals surface area contributed by atoms with Gasteiger partial charge in [-0.15, -0.1) is 0 Å². The summed E-state index contributed by atoms with van der Waals surface area (Å²) < 4.78 is 16.4. The molecule has 0 aliphatic carbocycles. The molecule has 0 aromatic heterocycles. The monoisotopic (exact) mass is 357 g/mol. The molecule has 1 N–H and O–H groups in total. The summed E-state index contributed by atoms with van der Waals surface area (Å²) in [7, 11) is 3.21. The highest BCUT2D eigenvalue weighted by Crippen LogP contribution is 2.29. The number of benzene rings is 2. The van der Waals surface area contributed by atoms with E-state index >= 15 is 0 Å². The lowest BCUT2D eigenvalue weighted by molar-refractivity contribution is -0.123. The number of rotatable bonds is 7. The Morgan fingerprint density at radius 1 is 1.04 bits per heavy atom. The van der Waals surface area contributed by atoms with Crippen molar-refractivity contribution in [1.29, 1.82) is 0 Å². The Morgan fingerprint density at radius 2 is 1.69 bits per heavy atom. The minimum atomic E-state index is -0.239. The number of amides is 1. The molecule has 2 aromatic rings. The lowest BCUT2D eigenvalue weighted by Crippen LogP contribution is -2.31. The minimum Gasteiger partial charge on any atom is -0.497 e. The highest BCUT2D eigenvalue weighted by Gasteiger charge is 2.16. The Bertz CT molecular complexity index is 763. The summed E-state index contributed by atoms with van der Waals surface area (Å²) in [5, 5.41) is 2.94. The van der Waals surface area contributed by atoms with Crippen LogP contribution < -0.4 is 19.5 Å². The van der Waals surface area contributed by atoms with E-state index in [1.165, 1.54) is 5.56 Å². The van der Waals surface area contributed by atoms with E-state index in [1.807, 2.05) is 58.0 Å². The van der Waals surface area contributed by atoms with E-state index in [9.17, 15) is 4.79 Å². The maximum atomic E-state index is 12.3. The molecular formula is C21H27NO4. The van der Waals surface area contributed by atoms with E-state index in [1.54, 1.807) is 14.2 Å². The van der Waals surface area contributed by atoms with Gasteiger partial charge in [0.15, 0.2) is 6.61 Å². The van der Waals surface area contributed by atoms with Gasteiger partial charge in [0.2, 0.25) is 0 Å². The van der Waals surface area contributed by atoms with Crippen molar-refractivity contribution in [2.24, 2.45) is 0 Å². The zero-order valence-electron chi connectivity index (χ0n) is 16.3. The summed E-state index contributed by atoms with van der Waals surface area (Å²) in [6, 6.07) is 9.36. The fraction of sp³-hybridized carbons (Fsp3) is 0.381. The molecule has 0 saturated carbocycles. The van der Waals surface area contributed by atoms with Crippen LogP contribution in [-0.2, 0) is 4.79 Å². The smallest absolute Gasteiger partial charge is 0.258 e. The molecule has 0 spiro atoms. The SMILES string of the molecule is COc1ccc(OC)c([C@H](C)NC(=O)COc2c(C)cc(C)cc2C)c1. The Kier molecular flexibility index (Phi) is 6.50. The number of nitrogens with one attached hydrogen (secondary N) is 1. The molecule has 0 heterocycles. The van der Waals surface area contributed by atoms with Crippen LogP contribution in [-0.4, -0.2) is 26.7 Å². The lowest BCUT2D eigenvalue weighted by Gasteiger charge is -2.19. The third-order valence-electron chi connectivity index (χ3n) is 4.23. The van der Waals surface area contributed by atoms with Gasteiger partial charge in [0, 0.05) is 5.56 Å². The third-order valence-corrected chi connectivity index (χ3v) is 4.23. The van der Waals surface area contributed by atoms with Gasteiger partial charge in [0.1, 0.15) is 17.2 Å². The maximum absolute atomic E-state index is 12.3. The lowest BCUT2D eigenvalue weighted by atomic mass is 10.1. The first-order valence-corrected chi connectivity index (χ1v) is 8.57. The Hall–Kier alpha value is -2.69. The summed E-state index contributed by atoms with van der Waals surface area (Å²) in [5.74, 6) is 1.98. The van der Waals surface area contributed by atoms with Gasteiger partial charge in [0.25, 0.3) is 5.91 Å². The zero-order chi connectivity index (χ0) is 19.3. The fourth-order valence-electron chi connectivity index (χ4n) is 3.07. The summed E-state index contributed by atoms with van der Waals surface area (Å²) >= 11 is 0. The second kappa shape index (κ2) is 8.61. The first-order valence-electron chi connectivity index (χ1n) is 8.57. The number of hydrogen-bond donors (Lipinski definition) is 1. The van der Waals surface area contributed by atoms with Gasteiger partial charge >= 0.3 is 0 Å². The van der Waals surface area contributed by atoms with Crippen LogP contribution in [0.3, 0.4) is 0 Å². The van der Waals surface area contributed by atoms with E-state index in [0.29, 0.717) is 11.5 Å². The van der Waals surface area contributed by atoms with Gasteiger partial charge < -0.3 is 19.5 Å². The molecule has 0 radical (unpaired) electrons. The van der Waals surface area contributed by atoms with Crippen LogP contribution in [0.4, 0.5) is 0 Å². The number of ether oxygens (including phenoxy) is 3. The highest BCUT2D eigenvalue weighted by molar-refractivity contribution is 5.78. The van der Waals surface area contributed by atoms with Crippen molar-refractivity contribution in [3.63, 3.8) is 0 Å². The summed E-state index contributed by atoms with van der Waals surface area (Å²) in [5.41, 5.74) is 4.08. The van der Waals surface area contributed by atoms with Gasteiger partial charge in [-0.3, -0.25) is 4.79 Å². The van der Waals surface area contributed by atoms with Crippen LogP contribution in [0.2, 0.25) is 0 Å². The van der Waals surface area contributed by atoms with Crippen LogP contribution in [0.5, 0.6) is 17.2 Å². The second-order valence-corrected chi connectivity index (χ2v) is 6.41. The van der Waals surface area contributed by atoms with E-state index in [4.69, 9.17) is 14.2 Å². The van der Waals surface area contributed by atoms with Crippen molar-refractivity contribution in [2.75, 3.05) is 20.8 Å². The average Bonchev–Trinajstić information content (AvgIpc) is 2.60. The summed E-state index contributed by atoms with van der Waals surface area (Å²) in [6.07, 6.45) is 0. The fourth-order valence-corrected chi connectivity index (χ4v) is 3.07. The molecule has 1 atom stereocenters. The molecule has 0 aliphatic rings. The number of hydrogen-bond acceptors (Lipinski definition) is 4. The van der Waals surface area contributed by atoms with Gasteiger partial charge in [-0.2, -0.15) is 0 Å². The van der Waals surface area contributed by atoms with Gasteiger partial charge in [0.05, 0.1) is 20.3 Å². The third kappa shape index (κ3) is 4.69. The Balaban J connectivity index is 2.04. The Labute approximate surface area is 155 Å². The number of carbonyl (C=O) groups is 1. The van der Waals surface area contributed by atoms with Gasteiger partial charge in [-0.1, -0.05) is 17.7 Å². The van der Waals surface area contributed by atoms with Crippen LogP contribution in [0.1, 0.15) is 35.2 Å². The van der Waals surface area contributed by atoms with E-state index in [2.05, 4.69) is 5.32 Å². The molecule has 5 heteroatoms. The highest BCUT2D eigenvalue weighted by atomic mass is 16.5. The standard InChI is InChI=1S/C21H27NO4/c1-13-9-14(2)21(15(3)10-13)26-12-20(23)22-16(4)18-11-17(24-5)7-8-19(18)25-6/h7-11,16H,12H2,1-6H3,(H,22,23)/t16-/m0/s1. The van der Waals surface area contributed by atoms with Crippen molar-refractivity contribution in [1.82, 2.24) is 5.32 Å². The molecule has 0 fully saturated rings. The van der Waals surface area contributed by atoms with Crippen LogP contribution in [0.15, 0.2) is 30.3 Å². The normalized spacial score (nSPS) is 11.6. The molecule has 0 bridgehead atoms. The largest absolute Gasteiger partial charge is 0.497 e. The predicted molar refractivity (Wildman–Crippen MR) is 102 cm³/mol. The number of methoxy groups -OCH3 is 2. The predicted octanol–water partition coefficient (Wildman–Crippen LogP) is 3.89. The maximum Gasteiger partial charge on any atom is 0.258 e. The van der Waals surface area contributed by atoms with Crippen LogP contribution in [0, 0.1) is 20.8 Å². The van der Waals surface area contributed by atoms with E-state index < -0.39 is 0 Å². The Morgan fingerprint density at radius 3 is 2.27 bits per heavy atom. The van der Waals surface area contributed by atoms with Crippen molar-refractivity contribution < 1.29 is 19.0 Å². The van der Waals surface area contributed by atoms with Crippen molar-refractivity contribution in [3.05, 3.63) is 52.6 Å². The van der Waals surface area contributed by atoms with Crippen LogP contribution in [0.25, 0.3) is 0 Å². The van der Waals surface area contributed by atoms with Crippen molar-refractivity contribution >= 4 is 5.91 Å². The van der Waals surface area contributed by atoms with Crippen LogP contribution >= 0.6 is 0 Å². The first kappa shape index (κ1) is 19.6. The van der Waals surface area contributed by atoms with Gasteiger partial charge in [-0.25, -0.2) is 0 Å². The second-order valence-electron chi connectivity index (χ2n) is 6.41. The molecule has 0 aliphatic heterocycles. The quantitative estimate of drug-likeness (QED) is 0.817. The first-order chi connectivity index (χ1) is 12.3. The average molecular weight is 357 g/mol. The zero-order valence-corrected chi connectivity index (χ0v) is 16.3. The van der Waals surface area contributed by atoms with Crippen molar-refractivity contribution in [3.8, 4) is 17.2 Å². The number of aryl methyl sites for hydroxylation is 3. The molecule has 0 unspecified atom stereocenters. The molecule has 26 heavy (non-hydrogen) atoms. The molecule has 1 amide bonds. The molecule has 2 aromatic carbocycles. The molecule has 5 nitrogen and oxygen atoms in total. The van der Waals surface area contributed by atoms with E-state index in [-0.39, 0.29) is 18.6 Å². The van der Waals surface area contributed by atoms with E-state index in [0.717, 1.165) is 22.4 Å². The molecule has 0 saturated heterocycles. The van der Waals surface area contributed by atoms with Gasteiger partial charge in [-0.05, 0) is 57.0 Å².